The SMILES string of the molecule is COCOC1CN(C(=O)[O-])CCC1CN=[N+]=N. The zero-order valence-electron chi connectivity index (χ0n) is 9.66. The number of hydrogen-bond donors (Lipinski definition) is 1. The van der Waals surface area contributed by atoms with Crippen LogP contribution in [-0.4, -0.2) is 50.6 Å². The lowest BCUT2D eigenvalue weighted by atomic mass is 9.94. The number of rotatable bonds is 5. The first-order chi connectivity index (χ1) is 8.19. The van der Waals surface area contributed by atoms with Crippen LogP contribution in [-0.2, 0) is 9.47 Å². The molecule has 0 aromatic heterocycles. The van der Waals surface area contributed by atoms with Crippen molar-refractivity contribution in [3.05, 3.63) is 0 Å². The predicted molar refractivity (Wildman–Crippen MR) is 54.0 cm³/mol. The van der Waals surface area contributed by atoms with Crippen LogP contribution < -0.4 is 10.0 Å². The smallest absolute Gasteiger partial charge is 0.214 e. The Kier molecular flexibility index (Phi) is 5.55. The number of methoxy groups -OCH3 is 1. The summed E-state index contributed by atoms with van der Waals surface area (Å²) in [6, 6.07) is 0. The summed E-state index contributed by atoms with van der Waals surface area (Å²) in [6.07, 6.45) is -0.884. The molecule has 2 unspecified atom stereocenters. The van der Waals surface area contributed by atoms with Gasteiger partial charge in [0.1, 0.15) is 30.1 Å². The van der Waals surface area contributed by atoms with E-state index in [1.54, 1.807) is 0 Å². The normalized spacial score (nSPS) is 24.2. The van der Waals surface area contributed by atoms with Crippen LogP contribution in [0.5, 0.6) is 0 Å². The second-order valence-electron chi connectivity index (χ2n) is 3.80. The summed E-state index contributed by atoms with van der Waals surface area (Å²) in [4.78, 5) is 14.9. The molecular formula is C9H16N4O4. The van der Waals surface area contributed by atoms with Crippen molar-refractivity contribution in [2.45, 2.75) is 12.5 Å². The molecule has 0 aromatic carbocycles. The number of ether oxygens (including phenoxy) is 2. The molecule has 8 nitrogen and oxygen atoms in total. The maximum absolute atomic E-state index is 10.8. The Bertz CT molecular complexity index is 305. The maximum atomic E-state index is 10.8. The van der Waals surface area contributed by atoms with E-state index in [2.05, 4.69) is 10.0 Å². The van der Waals surface area contributed by atoms with Crippen molar-refractivity contribution in [2.75, 3.05) is 33.5 Å². The van der Waals surface area contributed by atoms with Crippen LogP contribution in [0.4, 0.5) is 4.79 Å². The molecule has 1 rings (SSSR count). The molecule has 0 saturated carbocycles. The highest BCUT2D eigenvalue weighted by atomic mass is 16.7. The van der Waals surface area contributed by atoms with Crippen molar-refractivity contribution in [3.8, 4) is 0 Å². The highest BCUT2D eigenvalue weighted by Crippen LogP contribution is 2.20. The Balaban J connectivity index is 2.57. The third-order valence-corrected chi connectivity index (χ3v) is 2.74. The first-order valence-electron chi connectivity index (χ1n) is 5.28. The minimum Gasteiger partial charge on any atom is -0.530 e. The van der Waals surface area contributed by atoms with Crippen molar-refractivity contribution < 1.29 is 19.4 Å². The van der Waals surface area contributed by atoms with Crippen molar-refractivity contribution in [3.63, 3.8) is 0 Å². The average Bonchev–Trinajstić information content (AvgIpc) is 2.34. The third-order valence-electron chi connectivity index (χ3n) is 2.74. The third kappa shape index (κ3) is 4.10. The van der Waals surface area contributed by atoms with Crippen LogP contribution in [0, 0.1) is 11.4 Å². The summed E-state index contributed by atoms with van der Waals surface area (Å²) in [5, 5.41) is 14.4. The fourth-order valence-corrected chi connectivity index (χ4v) is 1.83. The molecule has 0 aromatic rings. The summed E-state index contributed by atoms with van der Waals surface area (Å²) in [7, 11) is 1.50. The Labute approximate surface area is 98.7 Å². The number of nitrogens with zero attached hydrogens (tertiary/aromatic N) is 3. The van der Waals surface area contributed by atoms with Gasteiger partial charge in [-0.3, -0.25) is 0 Å². The molecule has 17 heavy (non-hydrogen) atoms. The standard InChI is InChI=1S/C9H16N4O4/c1-16-6-17-8-5-13(9(14)15)3-2-7(8)4-11-12-10/h7-8,10H,2-6H2,1H3. The number of likely N-dealkylation sites (tertiary alicyclic amines) is 1. The molecule has 0 radical (unpaired) electrons. The van der Waals surface area contributed by atoms with Gasteiger partial charge in [-0.25, -0.2) is 0 Å². The van der Waals surface area contributed by atoms with E-state index in [0.717, 1.165) is 0 Å². The fourth-order valence-electron chi connectivity index (χ4n) is 1.83. The zero-order valence-corrected chi connectivity index (χ0v) is 9.66. The molecule has 1 heterocycles. The van der Waals surface area contributed by atoms with Gasteiger partial charge in [-0.1, -0.05) is 0 Å². The number of carbonyl (C=O) groups is 1. The van der Waals surface area contributed by atoms with Crippen molar-refractivity contribution in [1.29, 1.82) is 5.53 Å². The molecule has 1 N–H and O–H groups in total. The maximum Gasteiger partial charge on any atom is 0.214 e. The second kappa shape index (κ2) is 6.95. The molecule has 0 bridgehead atoms. The van der Waals surface area contributed by atoms with Gasteiger partial charge >= 0.3 is 0 Å². The molecule has 0 spiro atoms. The summed E-state index contributed by atoms with van der Waals surface area (Å²) in [6.45, 7) is 1.09. The van der Waals surface area contributed by atoms with Crippen LogP contribution >= 0.6 is 0 Å². The van der Waals surface area contributed by atoms with Gasteiger partial charge in [0.05, 0.1) is 6.10 Å². The Morgan fingerprint density at radius 2 is 2.47 bits per heavy atom. The van der Waals surface area contributed by atoms with Gasteiger partial charge in [0.25, 0.3) is 0 Å². The average molecular weight is 244 g/mol. The molecule has 96 valence electrons. The molecule has 1 amide bonds. The van der Waals surface area contributed by atoms with Gasteiger partial charge in [0.2, 0.25) is 4.91 Å². The summed E-state index contributed by atoms with van der Waals surface area (Å²) < 4.78 is 10.2. The number of piperidine rings is 1. The van der Waals surface area contributed by atoms with E-state index in [4.69, 9.17) is 15.0 Å². The lowest BCUT2D eigenvalue weighted by Gasteiger charge is -2.38. The van der Waals surface area contributed by atoms with Crippen LogP contribution in [0.1, 0.15) is 6.42 Å². The van der Waals surface area contributed by atoms with Crippen LogP contribution in [0.15, 0.2) is 5.11 Å². The number of carbonyl (C=O) groups excluding carboxylic acids is 1. The van der Waals surface area contributed by atoms with E-state index < -0.39 is 6.09 Å². The molecule has 1 aliphatic rings. The molecular weight excluding hydrogens is 228 g/mol. The number of carboxylic acid groups (broad SMARTS) is 1. The molecule has 8 heteroatoms. The van der Waals surface area contributed by atoms with E-state index in [9.17, 15) is 9.90 Å². The Hall–Kier alpha value is -1.50. The molecule has 2 atom stereocenters. The quantitative estimate of drug-likeness (QED) is 0.387. The summed E-state index contributed by atoms with van der Waals surface area (Å²) >= 11 is 0. The first-order valence-corrected chi connectivity index (χ1v) is 5.28. The largest absolute Gasteiger partial charge is 0.530 e. The highest BCUT2D eigenvalue weighted by molar-refractivity contribution is 5.62. The molecule has 1 aliphatic heterocycles. The molecule has 0 aliphatic carbocycles. The molecule has 1 saturated heterocycles. The van der Waals surface area contributed by atoms with E-state index >= 15 is 0 Å². The lowest BCUT2D eigenvalue weighted by molar-refractivity contribution is -0.269. The van der Waals surface area contributed by atoms with E-state index in [1.807, 2.05) is 0 Å². The second-order valence-corrected chi connectivity index (χ2v) is 3.80. The van der Waals surface area contributed by atoms with Gasteiger partial charge < -0.3 is 24.3 Å². The van der Waals surface area contributed by atoms with E-state index in [-0.39, 0.29) is 25.4 Å². The van der Waals surface area contributed by atoms with Crippen molar-refractivity contribution in [1.82, 2.24) is 9.81 Å². The van der Waals surface area contributed by atoms with Gasteiger partial charge in [-0.15, -0.1) is 0 Å². The number of nitrogens with one attached hydrogen (secondary N) is 1. The highest BCUT2D eigenvalue weighted by Gasteiger charge is 2.31. The minimum atomic E-state index is -1.20. The van der Waals surface area contributed by atoms with Gasteiger partial charge in [-0.2, -0.15) is 0 Å². The van der Waals surface area contributed by atoms with Crippen molar-refractivity contribution in [2.24, 2.45) is 11.0 Å². The number of amides is 1. The zero-order chi connectivity index (χ0) is 12.7. The lowest BCUT2D eigenvalue weighted by Crippen LogP contribution is -2.52. The summed E-state index contributed by atoms with van der Waals surface area (Å²) in [5.41, 5.74) is 6.61. The van der Waals surface area contributed by atoms with Gasteiger partial charge in [-0.05, 0) is 6.42 Å². The Morgan fingerprint density at radius 3 is 3.06 bits per heavy atom. The monoisotopic (exact) mass is 244 g/mol. The topological polar surface area (TPSA) is 112 Å². The van der Waals surface area contributed by atoms with E-state index in [0.29, 0.717) is 19.5 Å². The molecule has 1 fully saturated rings. The minimum absolute atomic E-state index is 0.0508. The van der Waals surface area contributed by atoms with E-state index in [1.165, 1.54) is 12.0 Å². The van der Waals surface area contributed by atoms with Crippen molar-refractivity contribution >= 4 is 6.09 Å². The van der Waals surface area contributed by atoms with Gasteiger partial charge in [0.15, 0.2) is 0 Å². The fraction of sp³-hybridized carbons (Fsp3) is 0.889. The van der Waals surface area contributed by atoms with Crippen LogP contribution in [0.3, 0.4) is 0 Å². The first kappa shape index (κ1) is 13.6. The van der Waals surface area contributed by atoms with Crippen LogP contribution in [0.2, 0.25) is 0 Å². The Morgan fingerprint density at radius 1 is 1.71 bits per heavy atom. The van der Waals surface area contributed by atoms with Crippen LogP contribution in [0.25, 0.3) is 0 Å². The van der Waals surface area contributed by atoms with Gasteiger partial charge in [0, 0.05) is 26.1 Å². The predicted octanol–water partition coefficient (Wildman–Crippen LogP) is -0.809. The summed E-state index contributed by atoms with van der Waals surface area (Å²) in [5.74, 6) is 0.0508. The number of hydrogen-bond acceptors (Lipinski definition) is 6.